The number of ether oxygens (including phenoxy) is 1. The van der Waals surface area contributed by atoms with Gasteiger partial charge in [-0.15, -0.1) is 0 Å². The van der Waals surface area contributed by atoms with Crippen molar-refractivity contribution in [1.82, 2.24) is 5.16 Å². The lowest BCUT2D eigenvalue weighted by Gasteiger charge is -2.15. The van der Waals surface area contributed by atoms with Crippen LogP contribution in [0.25, 0.3) is 11.1 Å². The number of aromatic nitrogens is 1. The molecule has 0 unspecified atom stereocenters. The molecule has 0 bridgehead atoms. The monoisotopic (exact) mass is 425 g/mol. The third kappa shape index (κ3) is 4.89. The molecule has 0 saturated carbocycles. The normalized spacial score (nSPS) is 12.1. The quantitative estimate of drug-likeness (QED) is 0.643. The van der Waals surface area contributed by atoms with Crippen molar-refractivity contribution in [2.75, 3.05) is 0 Å². The molecule has 7 heteroatoms. The molecular formula is C23H24ClN3O3. The van der Waals surface area contributed by atoms with Crippen LogP contribution in [0.1, 0.15) is 43.4 Å². The van der Waals surface area contributed by atoms with Crippen LogP contribution in [0.3, 0.4) is 0 Å². The lowest BCUT2D eigenvalue weighted by Crippen LogP contribution is -2.08. The number of primary amides is 1. The fraction of sp³-hybridized carbons (Fsp3) is 0.261. The van der Waals surface area contributed by atoms with Crippen LogP contribution >= 0.6 is 11.6 Å². The summed E-state index contributed by atoms with van der Waals surface area (Å²) in [6.45, 7) is 7.74. The molecule has 0 spiro atoms. The Morgan fingerprint density at radius 1 is 1.17 bits per heavy atom. The average molecular weight is 426 g/mol. The molecule has 0 fully saturated rings. The minimum Gasteiger partial charge on any atom is -0.491 e. The summed E-state index contributed by atoms with van der Waals surface area (Å²) in [4.78, 5) is 14.0. The van der Waals surface area contributed by atoms with E-state index in [1.807, 2.05) is 57.2 Å². The SMILES string of the molecule is CC(N)=O.Cc1noc2c1-c1ccc(OC(C)C)cc1C(c1ccc(Cl)cc1)=NC2. The molecular weight excluding hydrogens is 402 g/mol. The second-order valence-electron chi connectivity index (χ2n) is 7.22. The number of hydrogen-bond donors (Lipinski definition) is 1. The van der Waals surface area contributed by atoms with Crippen LogP contribution in [0.5, 0.6) is 5.75 Å². The van der Waals surface area contributed by atoms with Crippen molar-refractivity contribution < 1.29 is 14.1 Å². The first-order valence-electron chi connectivity index (χ1n) is 9.59. The highest BCUT2D eigenvalue weighted by Gasteiger charge is 2.24. The molecule has 1 amide bonds. The molecule has 2 heterocycles. The summed E-state index contributed by atoms with van der Waals surface area (Å²) in [6, 6.07) is 13.8. The molecule has 0 saturated heterocycles. The summed E-state index contributed by atoms with van der Waals surface area (Å²) in [5, 5.41) is 4.83. The molecule has 0 radical (unpaired) electrons. The smallest absolute Gasteiger partial charge is 0.214 e. The molecule has 1 aromatic heterocycles. The summed E-state index contributed by atoms with van der Waals surface area (Å²) < 4.78 is 11.4. The van der Waals surface area contributed by atoms with E-state index >= 15 is 0 Å². The summed E-state index contributed by atoms with van der Waals surface area (Å²) in [6.07, 6.45) is 0.0997. The number of amides is 1. The Kier molecular flexibility index (Phi) is 6.57. The molecule has 4 rings (SSSR count). The number of halogens is 1. The van der Waals surface area contributed by atoms with Crippen molar-refractivity contribution in [3.05, 3.63) is 70.1 Å². The fourth-order valence-electron chi connectivity index (χ4n) is 3.24. The molecule has 0 aliphatic carbocycles. The molecule has 0 atom stereocenters. The Balaban J connectivity index is 0.000000589. The largest absolute Gasteiger partial charge is 0.491 e. The van der Waals surface area contributed by atoms with Gasteiger partial charge in [0.15, 0.2) is 5.76 Å². The van der Waals surface area contributed by atoms with Gasteiger partial charge >= 0.3 is 0 Å². The van der Waals surface area contributed by atoms with Gasteiger partial charge in [-0.2, -0.15) is 0 Å². The van der Waals surface area contributed by atoms with Crippen molar-refractivity contribution in [2.45, 2.75) is 40.3 Å². The van der Waals surface area contributed by atoms with Gasteiger partial charge in [-0.05, 0) is 56.7 Å². The third-order valence-electron chi connectivity index (χ3n) is 4.32. The van der Waals surface area contributed by atoms with Crippen molar-refractivity contribution in [2.24, 2.45) is 10.7 Å². The van der Waals surface area contributed by atoms with E-state index < -0.39 is 0 Å². The fourth-order valence-corrected chi connectivity index (χ4v) is 3.37. The number of hydrogen-bond acceptors (Lipinski definition) is 5. The van der Waals surface area contributed by atoms with Crippen LogP contribution in [0.4, 0.5) is 0 Å². The van der Waals surface area contributed by atoms with E-state index in [2.05, 4.69) is 17.0 Å². The van der Waals surface area contributed by atoms with E-state index in [1.165, 1.54) is 6.92 Å². The zero-order valence-electron chi connectivity index (χ0n) is 17.4. The van der Waals surface area contributed by atoms with E-state index in [4.69, 9.17) is 25.9 Å². The number of benzene rings is 2. The second kappa shape index (κ2) is 9.13. The van der Waals surface area contributed by atoms with Crippen LogP contribution in [0, 0.1) is 6.92 Å². The second-order valence-corrected chi connectivity index (χ2v) is 7.66. The third-order valence-corrected chi connectivity index (χ3v) is 4.57. The predicted molar refractivity (Wildman–Crippen MR) is 118 cm³/mol. The Morgan fingerprint density at radius 2 is 1.83 bits per heavy atom. The molecule has 2 N–H and O–H groups in total. The number of fused-ring (bicyclic) bond motifs is 3. The Morgan fingerprint density at radius 3 is 2.47 bits per heavy atom. The summed E-state index contributed by atoms with van der Waals surface area (Å²) in [5.41, 5.74) is 10.3. The van der Waals surface area contributed by atoms with Gasteiger partial charge in [0, 0.05) is 23.1 Å². The van der Waals surface area contributed by atoms with Gasteiger partial charge in [-0.3, -0.25) is 9.79 Å². The Labute approximate surface area is 180 Å². The Bertz CT molecular complexity index is 1080. The van der Waals surface area contributed by atoms with E-state index in [1.54, 1.807) is 0 Å². The van der Waals surface area contributed by atoms with Crippen LogP contribution < -0.4 is 10.5 Å². The van der Waals surface area contributed by atoms with Crippen LogP contribution in [0.2, 0.25) is 5.02 Å². The molecule has 3 aromatic rings. The predicted octanol–water partition coefficient (Wildman–Crippen LogP) is 4.93. The molecule has 156 valence electrons. The van der Waals surface area contributed by atoms with E-state index in [0.29, 0.717) is 11.6 Å². The molecule has 30 heavy (non-hydrogen) atoms. The first kappa shape index (κ1) is 21.6. The van der Waals surface area contributed by atoms with Gasteiger partial charge in [-0.25, -0.2) is 0 Å². The number of nitrogens with two attached hydrogens (primary N) is 1. The highest BCUT2D eigenvalue weighted by atomic mass is 35.5. The summed E-state index contributed by atoms with van der Waals surface area (Å²) in [7, 11) is 0. The van der Waals surface area contributed by atoms with Crippen LogP contribution in [-0.4, -0.2) is 22.9 Å². The topological polar surface area (TPSA) is 90.7 Å². The van der Waals surface area contributed by atoms with Gasteiger partial charge in [0.25, 0.3) is 0 Å². The minimum atomic E-state index is -0.333. The lowest BCUT2D eigenvalue weighted by atomic mass is 9.93. The number of carbonyl (C=O) groups excluding carboxylic acids is 1. The lowest BCUT2D eigenvalue weighted by molar-refractivity contribution is -0.115. The van der Waals surface area contributed by atoms with Gasteiger partial charge in [0.1, 0.15) is 12.3 Å². The molecule has 6 nitrogen and oxygen atoms in total. The van der Waals surface area contributed by atoms with Crippen molar-refractivity contribution in [3.8, 4) is 16.9 Å². The number of aliphatic imine (C=N–C) groups is 1. The maximum Gasteiger partial charge on any atom is 0.214 e. The first-order valence-corrected chi connectivity index (χ1v) is 9.97. The minimum absolute atomic E-state index is 0.0997. The average Bonchev–Trinajstić information content (AvgIpc) is 2.94. The first-order chi connectivity index (χ1) is 14.3. The number of aryl methyl sites for hydroxylation is 1. The van der Waals surface area contributed by atoms with Crippen molar-refractivity contribution >= 4 is 23.2 Å². The van der Waals surface area contributed by atoms with Crippen molar-refractivity contribution in [1.29, 1.82) is 0 Å². The van der Waals surface area contributed by atoms with Crippen LogP contribution in [-0.2, 0) is 11.3 Å². The number of nitrogens with zero attached hydrogens (tertiary/aromatic N) is 2. The maximum absolute atomic E-state index is 9.22. The standard InChI is InChI=1S/C21H19ClN2O2.C2H5NO/c1-12(2)25-16-8-9-17-18(10-16)21(14-4-6-15(22)7-5-14)23-11-19-20(17)13(3)24-26-19;1-2(3)4/h4-10,12H,11H2,1-3H3;1H3,(H2,3,4). The molecule has 1 aliphatic heterocycles. The van der Waals surface area contributed by atoms with Gasteiger partial charge in [-0.1, -0.05) is 28.9 Å². The molecule has 2 aromatic carbocycles. The molecule has 1 aliphatic rings. The number of carbonyl (C=O) groups is 1. The zero-order valence-corrected chi connectivity index (χ0v) is 18.2. The zero-order chi connectivity index (χ0) is 21.8. The van der Waals surface area contributed by atoms with Crippen molar-refractivity contribution in [3.63, 3.8) is 0 Å². The van der Waals surface area contributed by atoms with Gasteiger partial charge in [0.2, 0.25) is 5.91 Å². The summed E-state index contributed by atoms with van der Waals surface area (Å²) >= 11 is 6.06. The van der Waals surface area contributed by atoms with Gasteiger partial charge in [0.05, 0.1) is 23.1 Å². The number of rotatable bonds is 3. The van der Waals surface area contributed by atoms with Crippen LogP contribution in [0.15, 0.2) is 52.0 Å². The summed E-state index contributed by atoms with van der Waals surface area (Å²) in [5.74, 6) is 1.27. The highest BCUT2D eigenvalue weighted by molar-refractivity contribution is 6.30. The Hall–Kier alpha value is -3.12. The van der Waals surface area contributed by atoms with Gasteiger partial charge < -0.3 is 15.0 Å². The maximum atomic E-state index is 9.22. The van der Waals surface area contributed by atoms with E-state index in [9.17, 15) is 4.79 Å². The van der Waals surface area contributed by atoms with E-state index in [0.717, 1.165) is 45.2 Å². The highest BCUT2D eigenvalue weighted by Crippen LogP contribution is 2.37. The van der Waals surface area contributed by atoms with E-state index in [-0.39, 0.29) is 12.0 Å².